The number of likely N-dealkylation sites (tertiary alicyclic amines) is 1. The molecule has 1 aliphatic heterocycles. The first-order valence-electron chi connectivity index (χ1n) is 11.4. The Morgan fingerprint density at radius 3 is 2.61 bits per heavy atom. The van der Waals surface area contributed by atoms with Gasteiger partial charge in [-0.15, -0.1) is 0 Å². The lowest BCUT2D eigenvalue weighted by Crippen LogP contribution is -2.41. The Labute approximate surface area is 194 Å². The summed E-state index contributed by atoms with van der Waals surface area (Å²) in [6.07, 6.45) is 3.32. The molecule has 6 heteroatoms. The van der Waals surface area contributed by atoms with E-state index in [1.807, 2.05) is 31.2 Å². The number of rotatable bonds is 7. The van der Waals surface area contributed by atoms with Crippen LogP contribution in [-0.2, 0) is 11.3 Å². The second-order valence-electron chi connectivity index (χ2n) is 8.60. The number of carbonyl (C=O) groups is 1. The third kappa shape index (κ3) is 5.76. The van der Waals surface area contributed by atoms with Gasteiger partial charge in [0.1, 0.15) is 11.6 Å². The topological polar surface area (TPSA) is 54.5 Å². The van der Waals surface area contributed by atoms with Gasteiger partial charge >= 0.3 is 0 Å². The van der Waals surface area contributed by atoms with Crippen molar-refractivity contribution in [1.82, 2.24) is 15.2 Å². The first-order chi connectivity index (χ1) is 16.0. The van der Waals surface area contributed by atoms with Crippen molar-refractivity contribution in [3.8, 4) is 5.75 Å². The van der Waals surface area contributed by atoms with Crippen molar-refractivity contribution >= 4 is 5.91 Å². The van der Waals surface area contributed by atoms with E-state index in [1.54, 1.807) is 25.4 Å². The zero-order valence-corrected chi connectivity index (χ0v) is 19.1. The molecule has 0 bridgehead atoms. The van der Waals surface area contributed by atoms with Gasteiger partial charge in [0.05, 0.1) is 18.8 Å². The molecule has 1 amide bonds. The number of halogens is 1. The van der Waals surface area contributed by atoms with E-state index in [0.29, 0.717) is 0 Å². The van der Waals surface area contributed by atoms with Crippen LogP contribution in [0.2, 0.25) is 0 Å². The predicted octanol–water partition coefficient (Wildman–Crippen LogP) is 4.66. The number of amides is 1. The van der Waals surface area contributed by atoms with Crippen LogP contribution in [-0.4, -0.2) is 36.0 Å². The molecular formula is C27H30FN3O2. The highest BCUT2D eigenvalue weighted by Crippen LogP contribution is 2.26. The molecule has 2 heterocycles. The summed E-state index contributed by atoms with van der Waals surface area (Å²) in [5, 5.41) is 3.20. The molecule has 33 heavy (non-hydrogen) atoms. The molecule has 3 aromatic rings. The number of carbonyl (C=O) groups excluding carboxylic acids is 1. The van der Waals surface area contributed by atoms with E-state index < -0.39 is 6.04 Å². The fraction of sp³-hybridized carbons (Fsp3) is 0.333. The third-order valence-electron chi connectivity index (χ3n) is 6.31. The lowest BCUT2D eigenvalue weighted by molar-refractivity contribution is -0.127. The largest absolute Gasteiger partial charge is 0.497 e. The molecule has 1 atom stereocenters. The minimum atomic E-state index is -0.408. The molecule has 2 aromatic carbocycles. The minimum Gasteiger partial charge on any atom is -0.497 e. The average Bonchev–Trinajstić information content (AvgIpc) is 2.84. The van der Waals surface area contributed by atoms with Gasteiger partial charge in [-0.2, -0.15) is 0 Å². The number of nitrogens with one attached hydrogen (secondary N) is 1. The molecule has 4 rings (SSSR count). The Hall–Kier alpha value is -3.25. The Balaban J connectivity index is 1.41. The second-order valence-corrected chi connectivity index (χ2v) is 8.60. The standard InChI is InChI=1S/C27H30FN3O2/c1-19-5-4-14-29-25(19)26(21-8-10-23(28)11-9-21)30-27(32)22-12-15-31(16-13-22)18-20-6-3-7-24(17-20)33-2/h3-11,14,17,22,26H,12-13,15-16,18H2,1-2H3,(H,30,32). The van der Waals surface area contributed by atoms with Crippen LogP contribution in [0.1, 0.15) is 41.3 Å². The summed E-state index contributed by atoms with van der Waals surface area (Å²) in [5.41, 5.74) is 3.80. The van der Waals surface area contributed by atoms with Crippen molar-refractivity contribution in [2.75, 3.05) is 20.2 Å². The highest BCUT2D eigenvalue weighted by molar-refractivity contribution is 5.79. The summed E-state index contributed by atoms with van der Waals surface area (Å²) >= 11 is 0. The van der Waals surface area contributed by atoms with Crippen molar-refractivity contribution in [3.05, 3.63) is 95.1 Å². The number of ether oxygens (including phenoxy) is 1. The number of piperidine rings is 1. The maximum Gasteiger partial charge on any atom is 0.224 e. The summed E-state index contributed by atoms with van der Waals surface area (Å²) < 4.78 is 18.8. The molecule has 1 N–H and O–H groups in total. The van der Waals surface area contributed by atoms with Crippen LogP contribution < -0.4 is 10.1 Å². The summed E-state index contributed by atoms with van der Waals surface area (Å²) in [5.74, 6) is 0.525. The number of methoxy groups -OCH3 is 1. The molecule has 0 radical (unpaired) electrons. The number of aromatic nitrogens is 1. The van der Waals surface area contributed by atoms with Crippen LogP contribution in [0.25, 0.3) is 0 Å². The molecule has 5 nitrogen and oxygen atoms in total. The van der Waals surface area contributed by atoms with Crippen molar-refractivity contribution in [3.63, 3.8) is 0 Å². The molecule has 1 aromatic heterocycles. The van der Waals surface area contributed by atoms with Crippen LogP contribution in [0.5, 0.6) is 5.75 Å². The predicted molar refractivity (Wildman–Crippen MR) is 126 cm³/mol. The number of hydrogen-bond donors (Lipinski definition) is 1. The number of nitrogens with zero attached hydrogens (tertiary/aromatic N) is 2. The number of hydrogen-bond acceptors (Lipinski definition) is 4. The number of aryl methyl sites for hydroxylation is 1. The Morgan fingerprint density at radius 1 is 1.15 bits per heavy atom. The van der Waals surface area contributed by atoms with Crippen molar-refractivity contribution in [2.45, 2.75) is 32.4 Å². The number of benzene rings is 2. The smallest absolute Gasteiger partial charge is 0.224 e. The SMILES string of the molecule is COc1cccc(CN2CCC(C(=O)NC(c3ccc(F)cc3)c3ncccc3C)CC2)c1. The molecule has 1 unspecified atom stereocenters. The van der Waals surface area contributed by atoms with Gasteiger partial charge in [0.15, 0.2) is 0 Å². The quantitative estimate of drug-likeness (QED) is 0.573. The van der Waals surface area contributed by atoms with E-state index in [-0.39, 0.29) is 17.6 Å². The van der Waals surface area contributed by atoms with Gasteiger partial charge in [-0.05, 0) is 79.9 Å². The molecule has 0 aliphatic carbocycles. The maximum atomic E-state index is 13.5. The summed E-state index contributed by atoms with van der Waals surface area (Å²) in [7, 11) is 1.68. The summed E-state index contributed by atoms with van der Waals surface area (Å²) in [4.78, 5) is 20.1. The monoisotopic (exact) mass is 447 g/mol. The molecule has 1 saturated heterocycles. The Morgan fingerprint density at radius 2 is 1.91 bits per heavy atom. The zero-order valence-electron chi connectivity index (χ0n) is 19.1. The highest BCUT2D eigenvalue weighted by Gasteiger charge is 2.28. The molecular weight excluding hydrogens is 417 g/mol. The molecule has 172 valence electrons. The first kappa shape index (κ1) is 22.9. The Bertz CT molecular complexity index is 1080. The van der Waals surface area contributed by atoms with Gasteiger partial charge in [-0.25, -0.2) is 4.39 Å². The van der Waals surface area contributed by atoms with Crippen LogP contribution in [0.15, 0.2) is 66.9 Å². The van der Waals surface area contributed by atoms with E-state index in [0.717, 1.165) is 55.0 Å². The lowest BCUT2D eigenvalue weighted by atomic mass is 9.93. The van der Waals surface area contributed by atoms with Crippen LogP contribution >= 0.6 is 0 Å². The lowest BCUT2D eigenvalue weighted by Gasteiger charge is -2.32. The zero-order chi connectivity index (χ0) is 23.2. The van der Waals surface area contributed by atoms with Crippen molar-refractivity contribution in [1.29, 1.82) is 0 Å². The molecule has 0 spiro atoms. The molecule has 1 fully saturated rings. The summed E-state index contributed by atoms with van der Waals surface area (Å²) in [6.45, 7) is 4.54. The first-order valence-corrected chi connectivity index (χ1v) is 11.4. The van der Waals surface area contributed by atoms with E-state index in [1.165, 1.54) is 17.7 Å². The minimum absolute atomic E-state index is 0.0235. The van der Waals surface area contributed by atoms with Crippen molar-refractivity contribution in [2.24, 2.45) is 5.92 Å². The van der Waals surface area contributed by atoms with Gasteiger partial charge < -0.3 is 10.1 Å². The molecule has 0 saturated carbocycles. The second kappa shape index (κ2) is 10.6. The van der Waals surface area contributed by atoms with Crippen molar-refractivity contribution < 1.29 is 13.9 Å². The van der Waals surface area contributed by atoms with Crippen LogP contribution in [0, 0.1) is 18.7 Å². The third-order valence-corrected chi connectivity index (χ3v) is 6.31. The van der Waals surface area contributed by atoms with Crippen LogP contribution in [0.3, 0.4) is 0 Å². The van der Waals surface area contributed by atoms with E-state index in [9.17, 15) is 9.18 Å². The molecule has 1 aliphatic rings. The average molecular weight is 448 g/mol. The van der Waals surface area contributed by atoms with E-state index >= 15 is 0 Å². The van der Waals surface area contributed by atoms with Crippen LogP contribution in [0.4, 0.5) is 4.39 Å². The fourth-order valence-electron chi connectivity index (χ4n) is 4.41. The maximum absolute atomic E-state index is 13.5. The number of pyridine rings is 1. The van der Waals surface area contributed by atoms with Gasteiger partial charge in [-0.3, -0.25) is 14.7 Å². The van der Waals surface area contributed by atoms with Gasteiger partial charge in [0, 0.05) is 18.7 Å². The van der Waals surface area contributed by atoms with Gasteiger partial charge in [0.25, 0.3) is 0 Å². The normalized spacial score (nSPS) is 15.7. The highest BCUT2D eigenvalue weighted by atomic mass is 19.1. The van der Waals surface area contributed by atoms with E-state index in [2.05, 4.69) is 27.3 Å². The van der Waals surface area contributed by atoms with Gasteiger partial charge in [0.2, 0.25) is 5.91 Å². The fourth-order valence-corrected chi connectivity index (χ4v) is 4.41. The Kier molecular flexibility index (Phi) is 7.35. The summed E-state index contributed by atoms with van der Waals surface area (Å²) in [6, 6.07) is 17.8. The van der Waals surface area contributed by atoms with E-state index in [4.69, 9.17) is 4.74 Å². The van der Waals surface area contributed by atoms with Gasteiger partial charge in [-0.1, -0.05) is 30.3 Å².